The minimum atomic E-state index is 0.393. The molecule has 0 heterocycles. The van der Waals surface area contributed by atoms with Crippen LogP contribution in [0.1, 0.15) is 32.6 Å². The number of rotatable bonds is 4. The topological polar surface area (TPSA) is 26.0 Å². The molecule has 0 amide bonds. The first kappa shape index (κ1) is 9.89. The molecule has 3 rings (SSSR count). The maximum atomic E-state index is 6.44. The number of fused-ring (bicyclic) bond motifs is 2. The van der Waals surface area contributed by atoms with E-state index in [-0.39, 0.29) is 0 Å². The van der Waals surface area contributed by atoms with Gasteiger partial charge in [-0.1, -0.05) is 19.4 Å². The SMILES string of the molecule is C=C[C@@H](CC)C(N)C1CCCC2C3C2C13. The molecular formula is C14H23N. The molecule has 3 saturated carbocycles. The standard InChI is InChI=1S/C14H23N/c1-3-8(4-2)14(15)10-7-5-6-9-11-12(9)13(10)11/h3,8-14H,1,4-7,15H2,2H3/t8-,9?,10?,11?,12?,13?,14?/m0/s1. The zero-order valence-corrected chi connectivity index (χ0v) is 9.73. The average Bonchev–Trinajstić information content (AvgIpc) is 3.10. The Morgan fingerprint density at radius 3 is 2.67 bits per heavy atom. The van der Waals surface area contributed by atoms with E-state index in [9.17, 15) is 0 Å². The van der Waals surface area contributed by atoms with Crippen LogP contribution in [0.5, 0.6) is 0 Å². The molecule has 1 heteroatoms. The molecule has 3 fully saturated rings. The largest absolute Gasteiger partial charge is 0.327 e. The molecule has 1 nitrogen and oxygen atoms in total. The first-order chi connectivity index (χ1) is 7.29. The maximum absolute atomic E-state index is 6.44. The molecule has 3 aliphatic rings. The Labute approximate surface area is 93.1 Å². The van der Waals surface area contributed by atoms with E-state index >= 15 is 0 Å². The van der Waals surface area contributed by atoms with Crippen LogP contribution >= 0.6 is 0 Å². The van der Waals surface area contributed by atoms with Crippen LogP contribution in [0.4, 0.5) is 0 Å². The van der Waals surface area contributed by atoms with Crippen LogP contribution in [0.3, 0.4) is 0 Å². The molecule has 0 spiro atoms. The fourth-order valence-electron chi connectivity index (χ4n) is 4.34. The molecule has 2 N–H and O–H groups in total. The van der Waals surface area contributed by atoms with Gasteiger partial charge in [-0.2, -0.15) is 0 Å². The van der Waals surface area contributed by atoms with E-state index in [4.69, 9.17) is 5.73 Å². The van der Waals surface area contributed by atoms with Crippen molar-refractivity contribution in [2.45, 2.75) is 38.6 Å². The van der Waals surface area contributed by atoms with Gasteiger partial charge in [0.15, 0.2) is 0 Å². The van der Waals surface area contributed by atoms with Gasteiger partial charge in [0.05, 0.1) is 0 Å². The van der Waals surface area contributed by atoms with Crippen molar-refractivity contribution in [3.05, 3.63) is 12.7 Å². The van der Waals surface area contributed by atoms with E-state index < -0.39 is 0 Å². The van der Waals surface area contributed by atoms with Crippen LogP contribution in [-0.4, -0.2) is 6.04 Å². The van der Waals surface area contributed by atoms with Crippen molar-refractivity contribution in [2.75, 3.05) is 0 Å². The summed E-state index contributed by atoms with van der Waals surface area (Å²) in [6.07, 6.45) is 7.56. The van der Waals surface area contributed by atoms with E-state index in [0.29, 0.717) is 12.0 Å². The summed E-state index contributed by atoms with van der Waals surface area (Å²) in [5.41, 5.74) is 6.44. The molecule has 0 aromatic heterocycles. The molecule has 0 bridgehead atoms. The van der Waals surface area contributed by atoms with Gasteiger partial charge in [0.25, 0.3) is 0 Å². The number of hydrogen-bond donors (Lipinski definition) is 1. The molecule has 15 heavy (non-hydrogen) atoms. The maximum Gasteiger partial charge on any atom is 0.0133 e. The van der Waals surface area contributed by atoms with Crippen molar-refractivity contribution in [3.63, 3.8) is 0 Å². The van der Waals surface area contributed by atoms with E-state index in [1.54, 1.807) is 0 Å². The van der Waals surface area contributed by atoms with Crippen LogP contribution in [0, 0.1) is 35.5 Å². The predicted octanol–water partition coefficient (Wildman–Crippen LogP) is 2.82. The third-order valence-electron chi connectivity index (χ3n) is 5.37. The van der Waals surface area contributed by atoms with Crippen molar-refractivity contribution in [2.24, 2.45) is 41.2 Å². The fraction of sp³-hybridized carbons (Fsp3) is 0.857. The molecule has 5 atom stereocenters. The monoisotopic (exact) mass is 205 g/mol. The lowest BCUT2D eigenvalue weighted by Gasteiger charge is -2.29. The Morgan fingerprint density at radius 1 is 1.33 bits per heavy atom. The van der Waals surface area contributed by atoms with Gasteiger partial charge in [-0.25, -0.2) is 0 Å². The Hall–Kier alpha value is -0.300. The second kappa shape index (κ2) is 3.35. The summed E-state index contributed by atoms with van der Waals surface area (Å²) in [5, 5.41) is 0. The summed E-state index contributed by atoms with van der Waals surface area (Å²) >= 11 is 0. The summed E-state index contributed by atoms with van der Waals surface area (Å²) in [6.45, 7) is 6.17. The highest BCUT2D eigenvalue weighted by Crippen LogP contribution is 2.79. The van der Waals surface area contributed by atoms with Crippen molar-refractivity contribution < 1.29 is 0 Å². The van der Waals surface area contributed by atoms with E-state index in [0.717, 1.165) is 36.0 Å². The molecule has 0 aromatic carbocycles. The van der Waals surface area contributed by atoms with Crippen LogP contribution in [0.25, 0.3) is 0 Å². The van der Waals surface area contributed by atoms with E-state index in [1.165, 1.54) is 19.3 Å². The first-order valence-corrected chi connectivity index (χ1v) is 6.67. The smallest absolute Gasteiger partial charge is 0.0133 e. The van der Waals surface area contributed by atoms with Crippen LogP contribution < -0.4 is 5.73 Å². The Balaban J connectivity index is 1.68. The molecule has 84 valence electrons. The molecule has 3 aliphatic carbocycles. The Bertz CT molecular complexity index is 263. The molecule has 0 aromatic rings. The van der Waals surface area contributed by atoms with Gasteiger partial charge in [-0.05, 0) is 54.8 Å². The number of nitrogens with two attached hydrogens (primary N) is 1. The van der Waals surface area contributed by atoms with Crippen LogP contribution in [-0.2, 0) is 0 Å². The fourth-order valence-corrected chi connectivity index (χ4v) is 4.34. The predicted molar refractivity (Wildman–Crippen MR) is 63.3 cm³/mol. The molecule has 0 aliphatic heterocycles. The van der Waals surface area contributed by atoms with E-state index in [1.807, 2.05) is 0 Å². The highest BCUT2D eigenvalue weighted by Gasteiger charge is 2.75. The minimum absolute atomic E-state index is 0.393. The van der Waals surface area contributed by atoms with Gasteiger partial charge in [0.2, 0.25) is 0 Å². The minimum Gasteiger partial charge on any atom is -0.327 e. The molecule has 0 saturated heterocycles. The van der Waals surface area contributed by atoms with Gasteiger partial charge >= 0.3 is 0 Å². The van der Waals surface area contributed by atoms with Gasteiger partial charge in [-0.3, -0.25) is 0 Å². The zero-order chi connectivity index (χ0) is 10.6. The molecular weight excluding hydrogens is 182 g/mol. The van der Waals surface area contributed by atoms with Gasteiger partial charge < -0.3 is 5.73 Å². The summed E-state index contributed by atoms with van der Waals surface area (Å²) in [7, 11) is 0. The highest BCUT2D eigenvalue weighted by molar-refractivity contribution is 5.23. The third kappa shape index (κ3) is 1.32. The number of hydrogen-bond acceptors (Lipinski definition) is 1. The van der Waals surface area contributed by atoms with Crippen molar-refractivity contribution in [1.82, 2.24) is 0 Å². The average molecular weight is 205 g/mol. The quantitative estimate of drug-likeness (QED) is 0.702. The summed E-state index contributed by atoms with van der Waals surface area (Å²) in [6, 6.07) is 0.393. The summed E-state index contributed by atoms with van der Waals surface area (Å²) in [5.74, 6) is 5.77. The lowest BCUT2D eigenvalue weighted by atomic mass is 9.80. The lowest BCUT2D eigenvalue weighted by Crippen LogP contribution is -2.38. The van der Waals surface area contributed by atoms with Gasteiger partial charge in [-0.15, -0.1) is 6.58 Å². The summed E-state index contributed by atoms with van der Waals surface area (Å²) in [4.78, 5) is 0. The van der Waals surface area contributed by atoms with Crippen molar-refractivity contribution >= 4 is 0 Å². The normalized spacial score (nSPS) is 49.9. The zero-order valence-electron chi connectivity index (χ0n) is 9.73. The third-order valence-corrected chi connectivity index (χ3v) is 5.37. The first-order valence-electron chi connectivity index (χ1n) is 6.67. The van der Waals surface area contributed by atoms with Gasteiger partial charge in [0, 0.05) is 6.04 Å². The van der Waals surface area contributed by atoms with Crippen molar-refractivity contribution in [1.29, 1.82) is 0 Å². The highest BCUT2D eigenvalue weighted by atomic mass is 14.8. The Kier molecular flexibility index (Phi) is 2.21. The van der Waals surface area contributed by atoms with Gasteiger partial charge in [0.1, 0.15) is 0 Å². The van der Waals surface area contributed by atoms with Crippen LogP contribution in [0.15, 0.2) is 12.7 Å². The second-order valence-electron chi connectivity index (χ2n) is 5.88. The second-order valence-corrected chi connectivity index (χ2v) is 5.88. The van der Waals surface area contributed by atoms with E-state index in [2.05, 4.69) is 19.6 Å². The molecule has 0 radical (unpaired) electrons. The Morgan fingerprint density at radius 2 is 2.07 bits per heavy atom. The lowest BCUT2D eigenvalue weighted by molar-refractivity contribution is 0.261. The van der Waals surface area contributed by atoms with Crippen LogP contribution in [0.2, 0.25) is 0 Å². The molecule has 4 unspecified atom stereocenters. The summed E-state index contributed by atoms with van der Waals surface area (Å²) < 4.78 is 0. The van der Waals surface area contributed by atoms with Crippen molar-refractivity contribution in [3.8, 4) is 0 Å².